The summed E-state index contributed by atoms with van der Waals surface area (Å²) < 4.78 is 38.5. The van der Waals surface area contributed by atoms with E-state index < -0.39 is 38.7 Å². The second kappa shape index (κ2) is 6.39. The number of hydrogen-bond acceptors (Lipinski definition) is 5. The Labute approximate surface area is 113 Å². The summed E-state index contributed by atoms with van der Waals surface area (Å²) >= 11 is 0. The molecule has 1 rings (SSSR count). The number of nitrogens with one attached hydrogen (secondary N) is 1. The van der Waals surface area contributed by atoms with E-state index in [1.807, 2.05) is 4.72 Å². The molecular weight excluding hydrogens is 293 g/mol. The number of carboxylic acid groups (broad SMARTS) is 1. The molecule has 0 saturated carbocycles. The van der Waals surface area contributed by atoms with Gasteiger partial charge in [-0.05, 0) is 12.5 Å². The van der Waals surface area contributed by atoms with Crippen molar-refractivity contribution in [3.05, 3.63) is 24.3 Å². The number of halogens is 1. The van der Waals surface area contributed by atoms with Gasteiger partial charge in [0, 0.05) is 12.6 Å². The highest BCUT2D eigenvalue weighted by Crippen LogP contribution is 2.10. The number of carbonyl (C=O) groups excluding carboxylic acids is 1. The van der Waals surface area contributed by atoms with Gasteiger partial charge in [-0.3, -0.25) is 14.6 Å². The van der Waals surface area contributed by atoms with Gasteiger partial charge in [0.05, 0.1) is 6.20 Å². The number of pyridine rings is 1. The molecule has 0 aliphatic carbocycles. The lowest BCUT2D eigenvalue weighted by molar-refractivity contribution is -0.139. The first-order valence-electron chi connectivity index (χ1n) is 5.36. The van der Waals surface area contributed by atoms with Crippen LogP contribution in [0.2, 0.25) is 0 Å². The average Bonchev–Trinajstić information content (AvgIpc) is 2.34. The molecule has 0 saturated heterocycles. The Morgan fingerprint density at radius 3 is 2.60 bits per heavy atom. The van der Waals surface area contributed by atoms with Gasteiger partial charge in [0.15, 0.2) is 0 Å². The predicted octanol–water partition coefficient (Wildman–Crippen LogP) is -0.782. The molecule has 0 radical (unpaired) electrons. The second-order valence-electron chi connectivity index (χ2n) is 3.86. The molecule has 1 heterocycles. The Kier molecular flexibility index (Phi) is 5.11. The molecule has 0 spiro atoms. The van der Waals surface area contributed by atoms with E-state index in [1.165, 1.54) is 0 Å². The summed E-state index contributed by atoms with van der Waals surface area (Å²) in [5.74, 6) is -3.11. The molecule has 0 aliphatic heterocycles. The number of rotatable bonds is 7. The smallest absolute Gasteiger partial charge is 0.321 e. The summed E-state index contributed by atoms with van der Waals surface area (Å²) in [6.07, 6.45) is 1.06. The summed E-state index contributed by atoms with van der Waals surface area (Å²) in [7, 11) is -4.26. The van der Waals surface area contributed by atoms with Crippen molar-refractivity contribution in [2.45, 2.75) is 23.8 Å². The van der Waals surface area contributed by atoms with Crippen LogP contribution in [0.5, 0.6) is 0 Å². The van der Waals surface area contributed by atoms with Gasteiger partial charge in [0.25, 0.3) is 0 Å². The first-order valence-corrected chi connectivity index (χ1v) is 6.84. The van der Waals surface area contributed by atoms with Crippen molar-refractivity contribution >= 4 is 21.9 Å². The minimum Gasteiger partial charge on any atom is -0.480 e. The van der Waals surface area contributed by atoms with Crippen LogP contribution < -0.4 is 10.5 Å². The van der Waals surface area contributed by atoms with Crippen LogP contribution in [0.15, 0.2) is 23.4 Å². The Morgan fingerprint density at radius 2 is 2.10 bits per heavy atom. The van der Waals surface area contributed by atoms with Crippen molar-refractivity contribution in [2.24, 2.45) is 5.73 Å². The predicted molar refractivity (Wildman–Crippen MR) is 64.4 cm³/mol. The highest BCUT2D eigenvalue weighted by atomic mass is 32.2. The van der Waals surface area contributed by atoms with E-state index in [2.05, 4.69) is 4.98 Å². The van der Waals surface area contributed by atoms with Crippen LogP contribution in [-0.4, -0.2) is 36.4 Å². The molecule has 20 heavy (non-hydrogen) atoms. The van der Waals surface area contributed by atoms with Crippen LogP contribution in [0.1, 0.15) is 12.8 Å². The number of carboxylic acids is 1. The topological polar surface area (TPSA) is 139 Å². The Hall–Kier alpha value is -2.07. The van der Waals surface area contributed by atoms with Crippen LogP contribution in [-0.2, 0) is 19.6 Å². The van der Waals surface area contributed by atoms with Gasteiger partial charge in [0.2, 0.25) is 15.9 Å². The van der Waals surface area contributed by atoms with Crippen molar-refractivity contribution in [1.29, 1.82) is 0 Å². The third kappa shape index (κ3) is 4.55. The lowest BCUT2D eigenvalue weighted by Gasteiger charge is -2.13. The number of primary amides is 1. The molecule has 0 fully saturated rings. The van der Waals surface area contributed by atoms with E-state index in [0.717, 1.165) is 12.4 Å². The number of amides is 1. The van der Waals surface area contributed by atoms with E-state index in [4.69, 9.17) is 10.8 Å². The molecule has 1 amide bonds. The number of carbonyl (C=O) groups is 2. The molecule has 4 N–H and O–H groups in total. The monoisotopic (exact) mass is 305 g/mol. The van der Waals surface area contributed by atoms with Crippen LogP contribution in [0.3, 0.4) is 0 Å². The molecule has 0 aromatic carbocycles. The zero-order valence-corrected chi connectivity index (χ0v) is 10.9. The molecule has 0 bridgehead atoms. The fourth-order valence-electron chi connectivity index (χ4n) is 1.31. The van der Waals surface area contributed by atoms with Gasteiger partial charge < -0.3 is 10.8 Å². The van der Waals surface area contributed by atoms with Crippen molar-refractivity contribution in [3.63, 3.8) is 0 Å². The number of sulfonamides is 1. The third-order valence-corrected chi connectivity index (χ3v) is 3.70. The maximum Gasteiger partial charge on any atom is 0.321 e. The van der Waals surface area contributed by atoms with Gasteiger partial charge in [-0.1, -0.05) is 0 Å². The van der Waals surface area contributed by atoms with Crippen molar-refractivity contribution in [3.8, 4) is 0 Å². The normalized spacial score (nSPS) is 12.8. The molecule has 110 valence electrons. The van der Waals surface area contributed by atoms with Crippen molar-refractivity contribution < 1.29 is 27.5 Å². The molecule has 0 unspecified atom stereocenters. The van der Waals surface area contributed by atoms with E-state index in [1.54, 1.807) is 0 Å². The molecule has 1 aromatic rings. The first-order chi connectivity index (χ1) is 9.22. The Morgan fingerprint density at radius 1 is 1.45 bits per heavy atom. The summed E-state index contributed by atoms with van der Waals surface area (Å²) in [5, 5.41) is 8.88. The lowest BCUT2D eigenvalue weighted by atomic mass is 10.2. The minimum absolute atomic E-state index is 0.305. The zero-order valence-electron chi connectivity index (χ0n) is 10.1. The van der Waals surface area contributed by atoms with Gasteiger partial charge in [-0.15, -0.1) is 0 Å². The van der Waals surface area contributed by atoms with Gasteiger partial charge in [0.1, 0.15) is 16.8 Å². The SMILES string of the molecule is NC(=O)CC[C@H](NS(=O)(=O)c1cncc(F)c1)C(=O)O. The van der Waals surface area contributed by atoms with Crippen LogP contribution >= 0.6 is 0 Å². The van der Waals surface area contributed by atoms with Crippen LogP contribution in [0.25, 0.3) is 0 Å². The van der Waals surface area contributed by atoms with Crippen LogP contribution in [0.4, 0.5) is 4.39 Å². The number of nitrogens with zero attached hydrogens (tertiary/aromatic N) is 1. The highest BCUT2D eigenvalue weighted by molar-refractivity contribution is 7.89. The summed E-state index contributed by atoms with van der Waals surface area (Å²) in [6, 6.07) is -0.849. The number of nitrogens with two attached hydrogens (primary N) is 1. The van der Waals surface area contributed by atoms with E-state index in [0.29, 0.717) is 6.07 Å². The molecule has 10 heteroatoms. The maximum absolute atomic E-state index is 12.9. The summed E-state index contributed by atoms with van der Waals surface area (Å²) in [6.45, 7) is 0. The fraction of sp³-hybridized carbons (Fsp3) is 0.300. The van der Waals surface area contributed by atoms with E-state index in [-0.39, 0.29) is 12.8 Å². The maximum atomic E-state index is 12.9. The highest BCUT2D eigenvalue weighted by Gasteiger charge is 2.26. The molecule has 1 aromatic heterocycles. The second-order valence-corrected chi connectivity index (χ2v) is 5.57. The number of hydrogen-bond donors (Lipinski definition) is 3. The molecule has 8 nitrogen and oxygen atoms in total. The van der Waals surface area contributed by atoms with E-state index in [9.17, 15) is 22.4 Å². The molecule has 0 aliphatic rings. The fourth-order valence-corrected chi connectivity index (χ4v) is 2.51. The quantitative estimate of drug-likeness (QED) is 0.603. The number of aromatic nitrogens is 1. The number of aliphatic carboxylic acids is 1. The zero-order chi connectivity index (χ0) is 15.3. The standard InChI is InChI=1S/C10H12FN3O5S/c11-6-3-7(5-13-4-6)20(18,19)14-8(10(16)17)1-2-9(12)15/h3-5,8,14H,1-2H2,(H2,12,15)(H,16,17)/t8-/m0/s1. The van der Waals surface area contributed by atoms with Crippen molar-refractivity contribution in [2.75, 3.05) is 0 Å². The third-order valence-electron chi connectivity index (χ3n) is 2.27. The van der Waals surface area contributed by atoms with Gasteiger partial charge in [-0.2, -0.15) is 4.72 Å². The molecule has 1 atom stereocenters. The average molecular weight is 305 g/mol. The van der Waals surface area contributed by atoms with Crippen LogP contribution in [0, 0.1) is 5.82 Å². The first kappa shape index (κ1) is 16.0. The Bertz CT molecular complexity index is 619. The molecular formula is C10H12FN3O5S. The van der Waals surface area contributed by atoms with Crippen molar-refractivity contribution in [1.82, 2.24) is 9.71 Å². The van der Waals surface area contributed by atoms with E-state index >= 15 is 0 Å². The Balaban J connectivity index is 2.91. The van der Waals surface area contributed by atoms with Gasteiger partial charge in [-0.25, -0.2) is 12.8 Å². The summed E-state index contributed by atoms with van der Waals surface area (Å²) in [4.78, 5) is 24.4. The summed E-state index contributed by atoms with van der Waals surface area (Å²) in [5.41, 5.74) is 4.87. The lowest BCUT2D eigenvalue weighted by Crippen LogP contribution is -2.41. The van der Waals surface area contributed by atoms with Gasteiger partial charge >= 0.3 is 5.97 Å². The largest absolute Gasteiger partial charge is 0.480 e. The minimum atomic E-state index is -4.26.